The van der Waals surface area contributed by atoms with Crippen molar-refractivity contribution in [1.29, 1.82) is 0 Å². The van der Waals surface area contributed by atoms with Crippen molar-refractivity contribution in [1.82, 2.24) is 4.90 Å². The van der Waals surface area contributed by atoms with E-state index < -0.39 is 0 Å². The Morgan fingerprint density at radius 3 is 2.45 bits per heavy atom. The Morgan fingerprint density at radius 2 is 1.76 bits per heavy atom. The average Bonchev–Trinajstić information content (AvgIpc) is 3.03. The molecule has 2 aromatic rings. The quantitative estimate of drug-likeness (QED) is 0.655. The minimum atomic E-state index is 0.0117. The highest BCUT2D eigenvalue weighted by atomic mass is 16.5. The van der Waals surface area contributed by atoms with Crippen LogP contribution in [-0.2, 0) is 4.79 Å². The van der Waals surface area contributed by atoms with Crippen LogP contribution >= 0.6 is 0 Å². The number of nitrogens with zero attached hydrogens (tertiary/aromatic N) is 1. The fraction of sp³-hybridized carbons (Fsp3) is 0.375. The van der Waals surface area contributed by atoms with Crippen LogP contribution in [0.4, 0.5) is 0 Å². The van der Waals surface area contributed by atoms with Gasteiger partial charge in [0.15, 0.2) is 11.5 Å². The second kappa shape index (κ2) is 10.0. The van der Waals surface area contributed by atoms with Crippen molar-refractivity contribution in [2.24, 2.45) is 0 Å². The summed E-state index contributed by atoms with van der Waals surface area (Å²) in [6, 6.07) is 13.7. The Morgan fingerprint density at radius 1 is 0.966 bits per heavy atom. The van der Waals surface area contributed by atoms with E-state index in [1.54, 1.807) is 33.5 Å². The SMILES string of the molecule is COc1ccc(C2CCCCCN2C(=O)/C=C/c2cccc(OC)c2OC)cc1. The third-order valence-electron chi connectivity index (χ3n) is 5.38. The van der Waals surface area contributed by atoms with Crippen LogP contribution in [0.5, 0.6) is 17.2 Å². The van der Waals surface area contributed by atoms with Crippen molar-refractivity contribution in [3.05, 3.63) is 59.7 Å². The molecule has 0 saturated carbocycles. The Labute approximate surface area is 172 Å². The molecule has 1 saturated heterocycles. The lowest BCUT2D eigenvalue weighted by molar-refractivity contribution is -0.128. The van der Waals surface area contributed by atoms with Crippen LogP contribution in [0.25, 0.3) is 6.08 Å². The molecule has 2 aromatic carbocycles. The van der Waals surface area contributed by atoms with Crippen LogP contribution < -0.4 is 14.2 Å². The van der Waals surface area contributed by atoms with Gasteiger partial charge in [-0.3, -0.25) is 4.79 Å². The molecule has 0 aliphatic carbocycles. The average molecular weight is 395 g/mol. The first-order chi connectivity index (χ1) is 14.2. The highest BCUT2D eigenvalue weighted by Gasteiger charge is 2.25. The van der Waals surface area contributed by atoms with E-state index in [1.807, 2.05) is 35.2 Å². The van der Waals surface area contributed by atoms with Gasteiger partial charge in [0, 0.05) is 18.2 Å². The highest BCUT2D eigenvalue weighted by Crippen LogP contribution is 2.33. The number of para-hydroxylation sites is 1. The normalized spacial score (nSPS) is 17.1. The van der Waals surface area contributed by atoms with Crippen molar-refractivity contribution < 1.29 is 19.0 Å². The molecule has 5 nitrogen and oxygen atoms in total. The summed E-state index contributed by atoms with van der Waals surface area (Å²) in [6.07, 6.45) is 7.69. The molecule has 1 unspecified atom stereocenters. The molecule has 0 bridgehead atoms. The van der Waals surface area contributed by atoms with Gasteiger partial charge >= 0.3 is 0 Å². The molecule has 1 aliphatic heterocycles. The summed E-state index contributed by atoms with van der Waals surface area (Å²) in [4.78, 5) is 15.1. The number of ether oxygens (including phenoxy) is 3. The molecule has 1 fully saturated rings. The van der Waals surface area contributed by atoms with E-state index in [2.05, 4.69) is 12.1 Å². The van der Waals surface area contributed by atoms with Gasteiger partial charge in [0.2, 0.25) is 5.91 Å². The lowest BCUT2D eigenvalue weighted by Gasteiger charge is -2.29. The number of hydrogen-bond acceptors (Lipinski definition) is 4. The van der Waals surface area contributed by atoms with Crippen LogP contribution in [0.15, 0.2) is 48.5 Å². The third-order valence-corrected chi connectivity index (χ3v) is 5.38. The summed E-state index contributed by atoms with van der Waals surface area (Å²) < 4.78 is 16.1. The molecule has 154 valence electrons. The molecule has 29 heavy (non-hydrogen) atoms. The number of benzene rings is 2. The van der Waals surface area contributed by atoms with Crippen LogP contribution in [-0.4, -0.2) is 38.7 Å². The standard InChI is InChI=1S/C24H29NO4/c1-27-20-14-11-18(12-15-20)21-9-5-4-6-17-25(21)23(26)16-13-19-8-7-10-22(28-2)24(19)29-3/h7-8,10-16,21H,4-6,9,17H2,1-3H3/b16-13+. The van der Waals surface area contributed by atoms with Crippen LogP contribution in [0.2, 0.25) is 0 Å². The summed E-state index contributed by atoms with van der Waals surface area (Å²) in [6.45, 7) is 0.759. The number of rotatable bonds is 6. The van der Waals surface area contributed by atoms with E-state index in [4.69, 9.17) is 14.2 Å². The van der Waals surface area contributed by atoms with E-state index in [0.29, 0.717) is 11.5 Å². The zero-order chi connectivity index (χ0) is 20.6. The molecule has 0 spiro atoms. The topological polar surface area (TPSA) is 48.0 Å². The molecule has 0 radical (unpaired) electrons. The Bertz CT molecular complexity index is 844. The minimum absolute atomic E-state index is 0.0117. The van der Waals surface area contributed by atoms with Crippen molar-refractivity contribution in [3.8, 4) is 17.2 Å². The maximum atomic E-state index is 13.1. The largest absolute Gasteiger partial charge is 0.497 e. The van der Waals surface area contributed by atoms with E-state index >= 15 is 0 Å². The fourth-order valence-corrected chi connectivity index (χ4v) is 3.84. The van der Waals surface area contributed by atoms with E-state index in [1.165, 1.54) is 0 Å². The number of amides is 1. The summed E-state index contributed by atoms with van der Waals surface area (Å²) >= 11 is 0. The van der Waals surface area contributed by atoms with Crippen LogP contribution in [0.1, 0.15) is 42.9 Å². The number of methoxy groups -OCH3 is 3. The molecule has 1 aliphatic rings. The molecular weight excluding hydrogens is 366 g/mol. The molecule has 1 amide bonds. The maximum Gasteiger partial charge on any atom is 0.247 e. The first-order valence-corrected chi connectivity index (χ1v) is 10.0. The summed E-state index contributed by atoms with van der Waals surface area (Å²) in [7, 11) is 4.87. The number of carbonyl (C=O) groups is 1. The molecule has 1 heterocycles. The minimum Gasteiger partial charge on any atom is -0.497 e. The van der Waals surface area contributed by atoms with Gasteiger partial charge in [0.1, 0.15) is 5.75 Å². The van der Waals surface area contributed by atoms with Gasteiger partial charge < -0.3 is 19.1 Å². The fourth-order valence-electron chi connectivity index (χ4n) is 3.84. The maximum absolute atomic E-state index is 13.1. The first kappa shape index (κ1) is 20.8. The number of hydrogen-bond donors (Lipinski definition) is 0. The molecule has 3 rings (SSSR count). The predicted molar refractivity (Wildman–Crippen MR) is 114 cm³/mol. The van der Waals surface area contributed by atoms with Crippen molar-refractivity contribution in [3.63, 3.8) is 0 Å². The van der Waals surface area contributed by atoms with Crippen LogP contribution in [0, 0.1) is 0 Å². The second-order valence-electron chi connectivity index (χ2n) is 7.09. The van der Waals surface area contributed by atoms with E-state index in [0.717, 1.165) is 49.1 Å². The zero-order valence-electron chi connectivity index (χ0n) is 17.4. The lowest BCUT2D eigenvalue weighted by Crippen LogP contribution is -2.33. The van der Waals surface area contributed by atoms with Gasteiger partial charge in [0.25, 0.3) is 0 Å². The van der Waals surface area contributed by atoms with Gasteiger partial charge in [-0.2, -0.15) is 0 Å². The Hall–Kier alpha value is -2.95. The summed E-state index contributed by atoms with van der Waals surface area (Å²) in [5.74, 6) is 2.11. The Kier molecular flexibility index (Phi) is 7.17. The van der Waals surface area contributed by atoms with Gasteiger partial charge in [-0.1, -0.05) is 37.1 Å². The summed E-state index contributed by atoms with van der Waals surface area (Å²) in [5.41, 5.74) is 1.96. The lowest BCUT2D eigenvalue weighted by atomic mass is 10.0. The molecule has 0 aromatic heterocycles. The number of carbonyl (C=O) groups excluding carboxylic acids is 1. The van der Waals surface area contributed by atoms with Crippen molar-refractivity contribution in [2.75, 3.05) is 27.9 Å². The molecule has 0 N–H and O–H groups in total. The van der Waals surface area contributed by atoms with Crippen LogP contribution in [0.3, 0.4) is 0 Å². The summed E-state index contributed by atoms with van der Waals surface area (Å²) in [5, 5.41) is 0. The zero-order valence-corrected chi connectivity index (χ0v) is 17.4. The second-order valence-corrected chi connectivity index (χ2v) is 7.09. The first-order valence-electron chi connectivity index (χ1n) is 10.0. The van der Waals surface area contributed by atoms with Gasteiger partial charge in [-0.25, -0.2) is 0 Å². The third kappa shape index (κ3) is 4.91. The predicted octanol–water partition coefficient (Wildman–Crippen LogP) is 4.87. The van der Waals surface area contributed by atoms with E-state index in [9.17, 15) is 4.79 Å². The monoisotopic (exact) mass is 395 g/mol. The van der Waals surface area contributed by atoms with Crippen molar-refractivity contribution in [2.45, 2.75) is 31.7 Å². The number of likely N-dealkylation sites (tertiary alicyclic amines) is 1. The van der Waals surface area contributed by atoms with Gasteiger partial charge in [0.05, 0.1) is 27.4 Å². The van der Waals surface area contributed by atoms with Gasteiger partial charge in [-0.15, -0.1) is 0 Å². The smallest absolute Gasteiger partial charge is 0.247 e. The van der Waals surface area contributed by atoms with E-state index in [-0.39, 0.29) is 11.9 Å². The molecule has 5 heteroatoms. The van der Waals surface area contributed by atoms with Crippen molar-refractivity contribution >= 4 is 12.0 Å². The molecular formula is C24H29NO4. The highest BCUT2D eigenvalue weighted by molar-refractivity contribution is 5.92. The van der Waals surface area contributed by atoms with Gasteiger partial charge in [-0.05, 0) is 42.7 Å². The Balaban J connectivity index is 1.84. The molecule has 1 atom stereocenters.